The van der Waals surface area contributed by atoms with Gasteiger partial charge < -0.3 is 4.74 Å². The molecule has 20 heavy (non-hydrogen) atoms. The first-order chi connectivity index (χ1) is 9.78. The van der Waals surface area contributed by atoms with Crippen LogP contribution in [0.1, 0.15) is 27.9 Å². The third kappa shape index (κ3) is 2.46. The average Bonchev–Trinajstić information content (AvgIpc) is 2.50. The van der Waals surface area contributed by atoms with Crippen molar-refractivity contribution < 1.29 is 9.53 Å². The van der Waals surface area contributed by atoms with Gasteiger partial charge in [-0.05, 0) is 42.5 Å². The van der Waals surface area contributed by atoms with Crippen LogP contribution in [-0.2, 0) is 12.8 Å². The van der Waals surface area contributed by atoms with Crippen LogP contribution in [0.2, 0.25) is 0 Å². The number of rotatable bonds is 3. The Morgan fingerprint density at radius 2 is 2.00 bits per heavy atom. The van der Waals surface area contributed by atoms with Gasteiger partial charge in [-0.3, -0.25) is 4.79 Å². The number of aryl methyl sites for hydroxylation is 1. The summed E-state index contributed by atoms with van der Waals surface area (Å²) in [6.07, 6.45) is 2.73. The molecule has 2 heteroatoms. The van der Waals surface area contributed by atoms with Crippen LogP contribution in [0.5, 0.6) is 5.75 Å². The molecule has 2 nitrogen and oxygen atoms in total. The number of carbonyl (C=O) groups is 1. The Hall–Kier alpha value is -2.09. The quantitative estimate of drug-likeness (QED) is 0.847. The summed E-state index contributed by atoms with van der Waals surface area (Å²) in [4.78, 5) is 12.5. The van der Waals surface area contributed by atoms with Gasteiger partial charge >= 0.3 is 0 Å². The summed E-state index contributed by atoms with van der Waals surface area (Å²) in [5, 5.41) is 0. The highest BCUT2D eigenvalue weighted by Gasteiger charge is 2.26. The summed E-state index contributed by atoms with van der Waals surface area (Å²) in [5.41, 5.74) is 3.27. The molecule has 1 unspecified atom stereocenters. The van der Waals surface area contributed by atoms with Gasteiger partial charge in [0.1, 0.15) is 5.75 Å². The van der Waals surface area contributed by atoms with Crippen LogP contribution in [0, 0.1) is 5.92 Å². The van der Waals surface area contributed by atoms with Crippen molar-refractivity contribution in [2.75, 3.05) is 7.11 Å². The minimum Gasteiger partial charge on any atom is -0.497 e. The van der Waals surface area contributed by atoms with E-state index < -0.39 is 0 Å². The van der Waals surface area contributed by atoms with Crippen LogP contribution in [-0.4, -0.2) is 12.9 Å². The lowest BCUT2D eigenvalue weighted by Crippen LogP contribution is -2.24. The Bertz CT molecular complexity index is 631. The van der Waals surface area contributed by atoms with E-state index >= 15 is 0 Å². The van der Waals surface area contributed by atoms with E-state index in [-0.39, 0.29) is 11.7 Å². The van der Waals surface area contributed by atoms with E-state index in [0.29, 0.717) is 0 Å². The molecule has 0 aliphatic heterocycles. The first-order valence-electron chi connectivity index (χ1n) is 7.03. The maximum absolute atomic E-state index is 12.5. The molecular formula is C18H18O2. The molecule has 0 bridgehead atoms. The molecule has 102 valence electrons. The molecule has 1 aliphatic rings. The fourth-order valence-electron chi connectivity index (χ4n) is 2.94. The topological polar surface area (TPSA) is 26.3 Å². The summed E-state index contributed by atoms with van der Waals surface area (Å²) in [5.74, 6) is 1.23. The number of ketones is 1. The largest absolute Gasteiger partial charge is 0.497 e. The molecule has 0 radical (unpaired) electrons. The minimum absolute atomic E-state index is 0.0945. The fraction of sp³-hybridized carbons (Fsp3) is 0.278. The van der Waals surface area contributed by atoms with Gasteiger partial charge in [0.25, 0.3) is 0 Å². The summed E-state index contributed by atoms with van der Waals surface area (Å²) >= 11 is 0. The zero-order valence-electron chi connectivity index (χ0n) is 11.6. The number of hydrogen-bond donors (Lipinski definition) is 0. The van der Waals surface area contributed by atoms with Crippen LogP contribution >= 0.6 is 0 Å². The molecule has 0 N–H and O–H groups in total. The highest BCUT2D eigenvalue weighted by Crippen LogP contribution is 2.28. The number of methoxy groups -OCH3 is 1. The van der Waals surface area contributed by atoms with Crippen molar-refractivity contribution in [3.63, 3.8) is 0 Å². The predicted molar refractivity (Wildman–Crippen MR) is 79.3 cm³/mol. The van der Waals surface area contributed by atoms with Crippen LogP contribution in [0.15, 0.2) is 48.5 Å². The van der Waals surface area contributed by atoms with Gasteiger partial charge in [-0.2, -0.15) is 0 Å². The number of benzene rings is 2. The fourth-order valence-corrected chi connectivity index (χ4v) is 2.94. The summed E-state index contributed by atoms with van der Waals surface area (Å²) < 4.78 is 5.24. The van der Waals surface area contributed by atoms with E-state index in [4.69, 9.17) is 4.74 Å². The monoisotopic (exact) mass is 266 g/mol. The first kappa shape index (κ1) is 12.9. The maximum Gasteiger partial charge on any atom is 0.166 e. The normalized spacial score (nSPS) is 17.6. The molecule has 0 aromatic heterocycles. The van der Waals surface area contributed by atoms with E-state index in [2.05, 4.69) is 12.1 Å². The van der Waals surface area contributed by atoms with E-state index in [1.807, 2.05) is 36.4 Å². The third-order valence-corrected chi connectivity index (χ3v) is 4.03. The molecule has 0 amide bonds. The molecule has 3 rings (SSSR count). The van der Waals surface area contributed by atoms with E-state index in [1.165, 1.54) is 11.1 Å². The number of Topliss-reactive ketones (excluding diaryl/α,β-unsaturated/α-hetero) is 1. The SMILES string of the molecule is COc1cccc(CC2CCc3ccccc3C2=O)c1. The second-order valence-corrected chi connectivity index (χ2v) is 5.31. The van der Waals surface area contributed by atoms with Crippen molar-refractivity contribution in [1.82, 2.24) is 0 Å². The van der Waals surface area contributed by atoms with Crippen LogP contribution in [0.3, 0.4) is 0 Å². The number of hydrogen-bond acceptors (Lipinski definition) is 2. The molecule has 0 saturated heterocycles. The van der Waals surface area contributed by atoms with Gasteiger partial charge in [0.05, 0.1) is 7.11 Å². The van der Waals surface area contributed by atoms with Gasteiger partial charge in [0.2, 0.25) is 0 Å². The Balaban J connectivity index is 1.81. The highest BCUT2D eigenvalue weighted by molar-refractivity contribution is 6.00. The molecule has 1 atom stereocenters. The molecule has 0 saturated carbocycles. The Morgan fingerprint density at radius 1 is 1.15 bits per heavy atom. The van der Waals surface area contributed by atoms with Gasteiger partial charge in [-0.1, -0.05) is 36.4 Å². The van der Waals surface area contributed by atoms with Crippen LogP contribution in [0.25, 0.3) is 0 Å². The van der Waals surface area contributed by atoms with Crippen molar-refractivity contribution in [2.24, 2.45) is 5.92 Å². The standard InChI is InChI=1S/C18H18O2/c1-20-16-7-4-5-13(12-16)11-15-10-9-14-6-2-3-8-17(14)18(15)19/h2-8,12,15H,9-11H2,1H3. The average molecular weight is 266 g/mol. The first-order valence-corrected chi connectivity index (χ1v) is 7.03. The Morgan fingerprint density at radius 3 is 2.85 bits per heavy atom. The van der Waals surface area contributed by atoms with Crippen molar-refractivity contribution in [3.8, 4) is 5.75 Å². The predicted octanol–water partition coefficient (Wildman–Crippen LogP) is 3.68. The summed E-state index contributed by atoms with van der Waals surface area (Å²) in [6, 6.07) is 16.0. The van der Waals surface area contributed by atoms with E-state index in [0.717, 1.165) is 30.6 Å². The molecular weight excluding hydrogens is 248 g/mol. The lowest BCUT2D eigenvalue weighted by atomic mass is 9.80. The van der Waals surface area contributed by atoms with Gasteiger partial charge in [0.15, 0.2) is 5.78 Å². The third-order valence-electron chi connectivity index (χ3n) is 4.03. The van der Waals surface area contributed by atoms with Crippen LogP contribution < -0.4 is 4.74 Å². The van der Waals surface area contributed by atoms with Crippen molar-refractivity contribution in [1.29, 1.82) is 0 Å². The molecule has 0 spiro atoms. The highest BCUT2D eigenvalue weighted by atomic mass is 16.5. The van der Waals surface area contributed by atoms with E-state index in [9.17, 15) is 4.79 Å². The number of carbonyl (C=O) groups excluding carboxylic acids is 1. The lowest BCUT2D eigenvalue weighted by Gasteiger charge is -2.23. The smallest absolute Gasteiger partial charge is 0.166 e. The molecule has 0 fully saturated rings. The van der Waals surface area contributed by atoms with Gasteiger partial charge in [-0.25, -0.2) is 0 Å². The zero-order chi connectivity index (χ0) is 13.9. The van der Waals surface area contributed by atoms with E-state index in [1.54, 1.807) is 7.11 Å². The van der Waals surface area contributed by atoms with Crippen molar-refractivity contribution >= 4 is 5.78 Å². The molecule has 2 aromatic rings. The van der Waals surface area contributed by atoms with Gasteiger partial charge in [0, 0.05) is 11.5 Å². The zero-order valence-corrected chi connectivity index (χ0v) is 11.6. The number of ether oxygens (including phenoxy) is 1. The minimum atomic E-state index is 0.0945. The molecule has 2 aromatic carbocycles. The molecule has 1 aliphatic carbocycles. The second-order valence-electron chi connectivity index (χ2n) is 5.31. The lowest BCUT2D eigenvalue weighted by molar-refractivity contribution is 0.0901. The van der Waals surface area contributed by atoms with Crippen LogP contribution in [0.4, 0.5) is 0 Å². The Kier molecular flexibility index (Phi) is 3.55. The molecule has 0 heterocycles. The maximum atomic E-state index is 12.5. The Labute approximate surface area is 119 Å². The van der Waals surface area contributed by atoms with Crippen molar-refractivity contribution in [2.45, 2.75) is 19.3 Å². The second kappa shape index (κ2) is 5.49. The van der Waals surface area contributed by atoms with Gasteiger partial charge in [-0.15, -0.1) is 0 Å². The van der Waals surface area contributed by atoms with Crippen molar-refractivity contribution in [3.05, 3.63) is 65.2 Å². The summed E-state index contributed by atoms with van der Waals surface area (Å²) in [6.45, 7) is 0. The number of fused-ring (bicyclic) bond motifs is 1. The summed E-state index contributed by atoms with van der Waals surface area (Å²) in [7, 11) is 1.67.